The Labute approximate surface area is 88.7 Å². The van der Waals surface area contributed by atoms with Gasteiger partial charge in [0.25, 0.3) is 0 Å². The van der Waals surface area contributed by atoms with Crippen LogP contribution >= 0.6 is 11.3 Å². The molecule has 1 aromatic heterocycles. The molecule has 1 atom stereocenters. The molecule has 1 aromatic rings. The van der Waals surface area contributed by atoms with Crippen LogP contribution in [0.3, 0.4) is 0 Å². The second-order valence-electron chi connectivity index (χ2n) is 4.38. The molecule has 14 heavy (non-hydrogen) atoms. The highest BCUT2D eigenvalue weighted by Gasteiger charge is 2.24. The summed E-state index contributed by atoms with van der Waals surface area (Å²) in [6.07, 6.45) is 8.89. The maximum atomic E-state index is 4.56. The van der Waals surface area contributed by atoms with Gasteiger partial charge in [0.2, 0.25) is 0 Å². The van der Waals surface area contributed by atoms with Gasteiger partial charge in [0.15, 0.2) is 0 Å². The molecule has 2 nitrogen and oxygen atoms in total. The van der Waals surface area contributed by atoms with Crippen LogP contribution in [0.5, 0.6) is 0 Å². The molecule has 1 unspecified atom stereocenters. The van der Waals surface area contributed by atoms with Gasteiger partial charge >= 0.3 is 0 Å². The fourth-order valence-corrected chi connectivity index (χ4v) is 3.44. The number of hydrogen-bond acceptors (Lipinski definition) is 3. The predicted octanol–water partition coefficient (Wildman–Crippen LogP) is 2.84. The van der Waals surface area contributed by atoms with Crippen molar-refractivity contribution in [1.29, 1.82) is 0 Å². The zero-order valence-electron chi connectivity index (χ0n) is 8.33. The first kappa shape index (κ1) is 8.86. The first-order valence-electron chi connectivity index (χ1n) is 5.62. The summed E-state index contributed by atoms with van der Waals surface area (Å²) in [4.78, 5) is 6.08. The van der Waals surface area contributed by atoms with Gasteiger partial charge < -0.3 is 5.32 Å². The molecule has 3 rings (SSSR count). The number of aromatic nitrogens is 1. The van der Waals surface area contributed by atoms with E-state index in [0.29, 0.717) is 6.04 Å². The number of rotatable bonds is 2. The van der Waals surface area contributed by atoms with Crippen molar-refractivity contribution in [3.05, 3.63) is 16.1 Å². The van der Waals surface area contributed by atoms with Crippen LogP contribution in [-0.2, 0) is 0 Å². The molecule has 76 valence electrons. The maximum absolute atomic E-state index is 4.56. The number of nitrogens with one attached hydrogen (secondary N) is 1. The Hall–Kier alpha value is -0.410. The largest absolute Gasteiger partial charge is 0.308 e. The third kappa shape index (κ3) is 1.48. The third-order valence-electron chi connectivity index (χ3n) is 3.41. The van der Waals surface area contributed by atoms with Gasteiger partial charge in [-0.2, -0.15) is 0 Å². The molecule has 0 bridgehead atoms. The fraction of sp³-hybridized carbons (Fsp3) is 0.727. The van der Waals surface area contributed by atoms with Crippen molar-refractivity contribution in [1.82, 2.24) is 10.3 Å². The van der Waals surface area contributed by atoms with Gasteiger partial charge in [-0.15, -0.1) is 11.3 Å². The van der Waals surface area contributed by atoms with E-state index in [1.807, 2.05) is 11.3 Å². The molecule has 2 fully saturated rings. The Kier molecular flexibility index (Phi) is 2.30. The van der Waals surface area contributed by atoms with Gasteiger partial charge in [-0.3, -0.25) is 0 Å². The molecule has 2 aliphatic rings. The number of hydrogen-bond donors (Lipinski definition) is 1. The molecule has 0 aromatic carbocycles. The van der Waals surface area contributed by atoms with Crippen molar-refractivity contribution < 1.29 is 0 Å². The monoisotopic (exact) mass is 208 g/mol. The predicted molar refractivity (Wildman–Crippen MR) is 58.7 cm³/mol. The van der Waals surface area contributed by atoms with Crippen molar-refractivity contribution in [2.45, 2.75) is 44.1 Å². The van der Waals surface area contributed by atoms with Crippen molar-refractivity contribution in [3.8, 4) is 0 Å². The first-order chi connectivity index (χ1) is 6.93. The summed E-state index contributed by atoms with van der Waals surface area (Å²) < 4.78 is 0. The molecule has 1 N–H and O–H groups in total. The number of thiazole rings is 1. The molecule has 1 aliphatic heterocycles. The molecule has 0 spiro atoms. The van der Waals surface area contributed by atoms with Gasteiger partial charge in [0.1, 0.15) is 5.01 Å². The molecule has 2 heterocycles. The lowest BCUT2D eigenvalue weighted by molar-refractivity contribution is 0.425. The quantitative estimate of drug-likeness (QED) is 0.808. The third-order valence-corrected chi connectivity index (χ3v) is 4.68. The van der Waals surface area contributed by atoms with Crippen LogP contribution in [0.4, 0.5) is 0 Å². The van der Waals surface area contributed by atoms with Crippen molar-refractivity contribution >= 4 is 11.3 Å². The Morgan fingerprint density at radius 1 is 1.29 bits per heavy atom. The second kappa shape index (κ2) is 3.63. The van der Waals surface area contributed by atoms with Crippen LogP contribution in [0.1, 0.15) is 53.9 Å². The van der Waals surface area contributed by atoms with E-state index in [1.165, 1.54) is 48.5 Å². The van der Waals surface area contributed by atoms with E-state index in [2.05, 4.69) is 16.5 Å². The van der Waals surface area contributed by atoms with Gasteiger partial charge in [-0.05, 0) is 38.1 Å². The maximum Gasteiger partial charge on any atom is 0.110 e. The molecule has 1 saturated heterocycles. The van der Waals surface area contributed by atoms with Crippen LogP contribution in [0.25, 0.3) is 0 Å². The minimum Gasteiger partial charge on any atom is -0.308 e. The van der Waals surface area contributed by atoms with E-state index in [-0.39, 0.29) is 0 Å². The Balaban J connectivity index is 1.75. The Bertz CT molecular complexity index is 311. The van der Waals surface area contributed by atoms with Gasteiger partial charge in [0, 0.05) is 11.1 Å². The van der Waals surface area contributed by atoms with E-state index in [4.69, 9.17) is 0 Å². The Morgan fingerprint density at radius 3 is 2.86 bits per heavy atom. The smallest absolute Gasteiger partial charge is 0.110 e. The second-order valence-corrected chi connectivity index (χ2v) is 5.47. The minimum absolute atomic E-state index is 0.564. The lowest BCUT2D eigenvalue weighted by Crippen LogP contribution is -2.12. The minimum atomic E-state index is 0.564. The van der Waals surface area contributed by atoms with Crippen molar-refractivity contribution in [2.75, 3.05) is 6.54 Å². The molecule has 1 saturated carbocycles. The summed E-state index contributed by atoms with van der Waals surface area (Å²) in [5.74, 6) is 0.850. The van der Waals surface area contributed by atoms with Crippen LogP contribution in [-0.4, -0.2) is 11.5 Å². The van der Waals surface area contributed by atoms with Crippen molar-refractivity contribution in [3.63, 3.8) is 0 Å². The molecular weight excluding hydrogens is 192 g/mol. The van der Waals surface area contributed by atoms with Crippen LogP contribution in [0.2, 0.25) is 0 Å². The molecule has 1 aliphatic carbocycles. The zero-order chi connectivity index (χ0) is 9.38. The average Bonchev–Trinajstić information content (AvgIpc) is 2.65. The first-order valence-corrected chi connectivity index (χ1v) is 6.44. The lowest BCUT2D eigenvalue weighted by Gasteiger charge is -2.23. The van der Waals surface area contributed by atoms with Crippen LogP contribution < -0.4 is 5.32 Å². The summed E-state index contributed by atoms with van der Waals surface area (Å²) >= 11 is 1.94. The summed E-state index contributed by atoms with van der Waals surface area (Å²) in [6, 6.07) is 0.564. The van der Waals surface area contributed by atoms with E-state index in [9.17, 15) is 0 Å². The summed E-state index contributed by atoms with van der Waals surface area (Å²) in [5, 5.41) is 4.83. The molecular formula is C11H16N2S. The van der Waals surface area contributed by atoms with E-state index in [0.717, 1.165) is 5.92 Å². The highest BCUT2D eigenvalue weighted by Crippen LogP contribution is 2.40. The summed E-state index contributed by atoms with van der Waals surface area (Å²) in [6.45, 7) is 1.17. The van der Waals surface area contributed by atoms with Gasteiger partial charge in [-0.1, -0.05) is 6.42 Å². The SMILES string of the molecule is c1nc(C2CCCN2)sc1C1CCC1. The van der Waals surface area contributed by atoms with Crippen LogP contribution in [0, 0.1) is 0 Å². The normalized spacial score (nSPS) is 27.9. The van der Waals surface area contributed by atoms with E-state index in [1.54, 1.807) is 0 Å². The van der Waals surface area contributed by atoms with E-state index < -0.39 is 0 Å². The highest BCUT2D eigenvalue weighted by atomic mass is 32.1. The van der Waals surface area contributed by atoms with Gasteiger partial charge in [0.05, 0.1) is 6.04 Å². The standard InChI is InChI=1S/C11H16N2S/c1-3-8(4-1)10-7-13-11(14-10)9-5-2-6-12-9/h7-9,12H,1-6H2. The summed E-state index contributed by atoms with van der Waals surface area (Å²) in [7, 11) is 0. The van der Waals surface area contributed by atoms with Crippen LogP contribution in [0.15, 0.2) is 6.20 Å². The molecule has 0 amide bonds. The van der Waals surface area contributed by atoms with Gasteiger partial charge in [-0.25, -0.2) is 4.98 Å². The highest BCUT2D eigenvalue weighted by molar-refractivity contribution is 7.11. The fourth-order valence-electron chi connectivity index (χ4n) is 2.24. The topological polar surface area (TPSA) is 24.9 Å². The average molecular weight is 208 g/mol. The van der Waals surface area contributed by atoms with E-state index >= 15 is 0 Å². The Morgan fingerprint density at radius 2 is 2.21 bits per heavy atom. The lowest BCUT2D eigenvalue weighted by atomic mass is 9.85. The van der Waals surface area contributed by atoms with Crippen molar-refractivity contribution in [2.24, 2.45) is 0 Å². The molecule has 3 heteroatoms. The summed E-state index contributed by atoms with van der Waals surface area (Å²) in [5.41, 5.74) is 0. The molecule has 0 radical (unpaired) electrons. The number of nitrogens with zero attached hydrogens (tertiary/aromatic N) is 1. The zero-order valence-corrected chi connectivity index (χ0v) is 9.15.